The summed E-state index contributed by atoms with van der Waals surface area (Å²) in [7, 11) is 0. The van der Waals surface area contributed by atoms with E-state index >= 15 is 0 Å². The van der Waals surface area contributed by atoms with Crippen LogP contribution in [0.2, 0.25) is 0 Å². The average molecular weight is 313 g/mol. The van der Waals surface area contributed by atoms with E-state index in [9.17, 15) is 0 Å². The molecule has 0 aromatic carbocycles. The molecule has 1 aromatic rings. The van der Waals surface area contributed by atoms with E-state index in [4.69, 9.17) is 0 Å². The highest BCUT2D eigenvalue weighted by atomic mass is 79.9. The van der Waals surface area contributed by atoms with E-state index in [1.165, 1.54) is 12.8 Å². The lowest BCUT2D eigenvalue weighted by molar-refractivity contribution is 0.634. The van der Waals surface area contributed by atoms with Crippen LogP contribution in [0, 0.1) is 5.92 Å². The van der Waals surface area contributed by atoms with E-state index in [0.29, 0.717) is 12.0 Å². The quantitative estimate of drug-likeness (QED) is 0.875. The van der Waals surface area contributed by atoms with Gasteiger partial charge in [0.25, 0.3) is 0 Å². The molecule has 0 unspecified atom stereocenters. The lowest BCUT2D eigenvalue weighted by Crippen LogP contribution is -2.34. The minimum Gasteiger partial charge on any atom is -0.354 e. The Morgan fingerprint density at radius 1 is 1.50 bits per heavy atom. The number of anilines is 2. The highest BCUT2D eigenvalue weighted by Gasteiger charge is 2.27. The molecule has 0 aliphatic heterocycles. The normalized spacial score (nSPS) is 14.9. The van der Waals surface area contributed by atoms with Crippen LogP contribution < -0.4 is 10.2 Å². The van der Waals surface area contributed by atoms with Gasteiger partial charge in [-0.1, -0.05) is 0 Å². The van der Waals surface area contributed by atoms with E-state index in [0.717, 1.165) is 29.3 Å². The molecule has 4 nitrogen and oxygen atoms in total. The van der Waals surface area contributed by atoms with Crippen LogP contribution in [0.3, 0.4) is 0 Å². The lowest BCUT2D eigenvalue weighted by atomic mass is 10.2. The molecule has 0 saturated heterocycles. The number of aromatic nitrogens is 2. The highest BCUT2D eigenvalue weighted by molar-refractivity contribution is 9.10. The van der Waals surface area contributed by atoms with Crippen LogP contribution in [0.15, 0.2) is 10.7 Å². The zero-order valence-electron chi connectivity index (χ0n) is 11.3. The van der Waals surface area contributed by atoms with Crippen molar-refractivity contribution in [3.05, 3.63) is 10.7 Å². The Kier molecular flexibility index (Phi) is 4.43. The monoisotopic (exact) mass is 312 g/mol. The second kappa shape index (κ2) is 5.87. The predicted octanol–water partition coefficient (Wildman–Crippen LogP) is 3.30. The topological polar surface area (TPSA) is 41.1 Å². The summed E-state index contributed by atoms with van der Waals surface area (Å²) in [6, 6.07) is 0.450. The Balaban J connectivity index is 2.23. The molecule has 0 radical (unpaired) electrons. The Labute approximate surface area is 117 Å². The van der Waals surface area contributed by atoms with E-state index in [-0.39, 0.29) is 0 Å². The maximum Gasteiger partial charge on any atom is 0.224 e. The van der Waals surface area contributed by atoms with Gasteiger partial charge in [0, 0.05) is 25.3 Å². The first-order valence-corrected chi connectivity index (χ1v) is 7.44. The molecule has 1 N–H and O–H groups in total. The summed E-state index contributed by atoms with van der Waals surface area (Å²) >= 11 is 3.57. The van der Waals surface area contributed by atoms with Gasteiger partial charge in [-0.15, -0.1) is 0 Å². The van der Waals surface area contributed by atoms with Gasteiger partial charge in [-0.25, -0.2) is 4.98 Å². The number of hydrogen-bond acceptors (Lipinski definition) is 4. The van der Waals surface area contributed by atoms with Crippen molar-refractivity contribution in [3.63, 3.8) is 0 Å². The third-order valence-electron chi connectivity index (χ3n) is 3.11. The van der Waals surface area contributed by atoms with Gasteiger partial charge in [-0.2, -0.15) is 4.98 Å². The van der Waals surface area contributed by atoms with Crippen LogP contribution >= 0.6 is 15.9 Å². The number of rotatable bonds is 6. The molecule has 2 rings (SSSR count). The van der Waals surface area contributed by atoms with Gasteiger partial charge in [-0.3, -0.25) is 0 Å². The van der Waals surface area contributed by atoms with Crippen molar-refractivity contribution >= 4 is 27.7 Å². The van der Waals surface area contributed by atoms with Crippen molar-refractivity contribution in [2.45, 2.75) is 39.7 Å². The zero-order valence-corrected chi connectivity index (χ0v) is 12.9. The fraction of sp³-hybridized carbons (Fsp3) is 0.692. The number of halogens is 1. The van der Waals surface area contributed by atoms with Gasteiger partial charge < -0.3 is 10.2 Å². The fourth-order valence-electron chi connectivity index (χ4n) is 1.92. The Hall–Kier alpha value is -0.840. The molecule has 0 bridgehead atoms. The van der Waals surface area contributed by atoms with Crippen molar-refractivity contribution in [3.8, 4) is 0 Å². The summed E-state index contributed by atoms with van der Waals surface area (Å²) in [6.07, 6.45) is 4.54. The minimum atomic E-state index is 0.450. The van der Waals surface area contributed by atoms with Gasteiger partial charge in [-0.05, 0) is 55.5 Å². The molecule has 1 aromatic heterocycles. The van der Waals surface area contributed by atoms with E-state index in [1.807, 2.05) is 6.20 Å². The van der Waals surface area contributed by atoms with E-state index in [1.54, 1.807) is 0 Å². The summed E-state index contributed by atoms with van der Waals surface area (Å²) in [5, 5.41) is 3.17. The molecular weight excluding hydrogens is 292 g/mol. The van der Waals surface area contributed by atoms with Crippen LogP contribution in [0.25, 0.3) is 0 Å². The molecule has 18 heavy (non-hydrogen) atoms. The smallest absolute Gasteiger partial charge is 0.224 e. The van der Waals surface area contributed by atoms with Crippen LogP contribution in [-0.2, 0) is 0 Å². The summed E-state index contributed by atoms with van der Waals surface area (Å²) in [5.41, 5.74) is 0. The molecule has 100 valence electrons. The number of nitrogens with zero attached hydrogens (tertiary/aromatic N) is 3. The lowest BCUT2D eigenvalue weighted by Gasteiger charge is -2.29. The van der Waals surface area contributed by atoms with Crippen molar-refractivity contribution in [2.75, 3.05) is 23.3 Å². The van der Waals surface area contributed by atoms with E-state index < -0.39 is 0 Å². The second-order valence-electron chi connectivity index (χ2n) is 5.08. The summed E-state index contributed by atoms with van der Waals surface area (Å²) in [6.45, 7) is 8.41. The first-order chi connectivity index (χ1) is 8.61. The highest BCUT2D eigenvalue weighted by Crippen LogP contribution is 2.34. The molecule has 5 heteroatoms. The number of hydrogen-bond donors (Lipinski definition) is 1. The molecule has 1 aliphatic rings. The summed E-state index contributed by atoms with van der Waals surface area (Å²) in [4.78, 5) is 11.3. The molecular formula is C13H21BrN4. The number of nitrogens with one attached hydrogen (secondary N) is 1. The molecule has 1 fully saturated rings. The maximum atomic E-state index is 4.62. The standard InChI is InChI=1S/C13H21BrN4/c1-4-15-13-16-7-11(14)12(17-13)18(9(2)3)8-10-5-6-10/h7,9-10H,4-6,8H2,1-3H3,(H,15,16,17). The van der Waals surface area contributed by atoms with Crippen LogP contribution in [0.1, 0.15) is 33.6 Å². The third kappa shape index (κ3) is 3.34. The van der Waals surface area contributed by atoms with Gasteiger partial charge in [0.15, 0.2) is 0 Å². The molecule has 1 heterocycles. The molecule has 1 aliphatic carbocycles. The van der Waals surface area contributed by atoms with Gasteiger partial charge in [0.2, 0.25) is 5.95 Å². The van der Waals surface area contributed by atoms with Crippen molar-refractivity contribution in [1.29, 1.82) is 0 Å². The van der Waals surface area contributed by atoms with Gasteiger partial charge in [0.05, 0.1) is 4.47 Å². The van der Waals surface area contributed by atoms with Crippen molar-refractivity contribution in [2.24, 2.45) is 5.92 Å². The second-order valence-corrected chi connectivity index (χ2v) is 5.94. The van der Waals surface area contributed by atoms with Crippen molar-refractivity contribution < 1.29 is 0 Å². The minimum absolute atomic E-state index is 0.450. The first kappa shape index (κ1) is 13.6. The molecule has 1 saturated carbocycles. The Morgan fingerprint density at radius 3 is 2.78 bits per heavy atom. The summed E-state index contributed by atoms with van der Waals surface area (Å²) < 4.78 is 0.971. The fourth-order valence-corrected chi connectivity index (χ4v) is 2.34. The zero-order chi connectivity index (χ0) is 13.1. The van der Waals surface area contributed by atoms with Crippen LogP contribution in [0.5, 0.6) is 0 Å². The SMILES string of the molecule is CCNc1ncc(Br)c(N(CC2CC2)C(C)C)n1. The molecule has 0 atom stereocenters. The Bertz CT molecular complexity index is 404. The summed E-state index contributed by atoms with van der Waals surface area (Å²) in [5.74, 6) is 2.55. The predicted molar refractivity (Wildman–Crippen MR) is 79.1 cm³/mol. The molecule has 0 amide bonds. The van der Waals surface area contributed by atoms with E-state index in [2.05, 4.69) is 56.9 Å². The molecule has 0 spiro atoms. The van der Waals surface area contributed by atoms with Crippen LogP contribution in [-0.4, -0.2) is 29.1 Å². The van der Waals surface area contributed by atoms with Gasteiger partial charge in [0.1, 0.15) is 5.82 Å². The maximum absolute atomic E-state index is 4.62. The van der Waals surface area contributed by atoms with Gasteiger partial charge >= 0.3 is 0 Å². The van der Waals surface area contributed by atoms with Crippen molar-refractivity contribution in [1.82, 2.24) is 9.97 Å². The first-order valence-electron chi connectivity index (χ1n) is 6.64. The Morgan fingerprint density at radius 2 is 2.22 bits per heavy atom. The van der Waals surface area contributed by atoms with Crippen LogP contribution in [0.4, 0.5) is 11.8 Å². The third-order valence-corrected chi connectivity index (χ3v) is 3.67. The largest absolute Gasteiger partial charge is 0.354 e. The average Bonchev–Trinajstić information content (AvgIpc) is 3.13.